The van der Waals surface area contributed by atoms with E-state index in [2.05, 4.69) is 15.4 Å². The fraction of sp³-hybridized carbons (Fsp3) is 0.587. The van der Waals surface area contributed by atoms with Crippen LogP contribution in [0.1, 0.15) is 91.0 Å². The van der Waals surface area contributed by atoms with E-state index in [0.29, 0.717) is 117 Å². The molecular formula is C46H67N7O9. The Labute approximate surface area is 366 Å². The van der Waals surface area contributed by atoms with Gasteiger partial charge in [-0.1, -0.05) is 25.0 Å². The van der Waals surface area contributed by atoms with E-state index in [4.69, 9.17) is 38.4 Å². The summed E-state index contributed by atoms with van der Waals surface area (Å²) in [6.45, 7) is 13.3. The highest BCUT2D eigenvalue weighted by Gasteiger charge is 2.18. The van der Waals surface area contributed by atoms with E-state index >= 15 is 0 Å². The number of fused-ring (bicyclic) bond motifs is 1. The number of amides is 1. The molecule has 0 spiro atoms. The molecule has 1 aromatic carbocycles. The number of aryl methyl sites for hydroxylation is 1. The number of esters is 1. The first-order valence-corrected chi connectivity index (χ1v) is 21.9. The van der Waals surface area contributed by atoms with Gasteiger partial charge in [0.1, 0.15) is 29.6 Å². The number of aromatic nitrogens is 5. The van der Waals surface area contributed by atoms with Crippen molar-refractivity contribution in [1.82, 2.24) is 30.0 Å². The number of nitrogens with zero attached hydrogens (tertiary/aromatic N) is 6. The SMILES string of the molecule is CCn1ncc2c(N(C)CCOc3ccc(CNC(=O)CCCCCCC(=O)CCOCCOCCOCCOCCCC(=O)OC(C)(C)C)cc3)nc(-c3cccnc3)nc21. The van der Waals surface area contributed by atoms with E-state index in [1.54, 1.807) is 12.4 Å². The summed E-state index contributed by atoms with van der Waals surface area (Å²) in [6, 6.07) is 11.6. The van der Waals surface area contributed by atoms with Crippen LogP contribution in [0.25, 0.3) is 22.4 Å². The minimum absolute atomic E-state index is 0.0166. The Morgan fingerprint density at radius 3 is 2.08 bits per heavy atom. The Morgan fingerprint density at radius 1 is 0.742 bits per heavy atom. The normalized spacial score (nSPS) is 11.5. The van der Waals surface area contributed by atoms with Crippen LogP contribution in [0.4, 0.5) is 5.82 Å². The van der Waals surface area contributed by atoms with Crippen LogP contribution < -0.4 is 15.0 Å². The molecule has 0 aliphatic heterocycles. The number of Topliss-reactive ketones (excluding diaryl/α,β-unsaturated/α-hetero) is 1. The van der Waals surface area contributed by atoms with E-state index < -0.39 is 5.60 Å². The summed E-state index contributed by atoms with van der Waals surface area (Å²) in [7, 11) is 1.98. The molecule has 62 heavy (non-hydrogen) atoms. The first-order chi connectivity index (χ1) is 30.0. The van der Waals surface area contributed by atoms with E-state index in [9.17, 15) is 14.4 Å². The third kappa shape index (κ3) is 19.3. The second-order valence-electron chi connectivity index (χ2n) is 15.8. The molecule has 0 atom stereocenters. The summed E-state index contributed by atoms with van der Waals surface area (Å²) in [4.78, 5) is 52.2. The Morgan fingerprint density at radius 2 is 1.42 bits per heavy atom. The zero-order valence-corrected chi connectivity index (χ0v) is 37.4. The Balaban J connectivity index is 0.948. The molecule has 0 fully saturated rings. The zero-order valence-electron chi connectivity index (χ0n) is 37.4. The summed E-state index contributed by atoms with van der Waals surface area (Å²) >= 11 is 0. The molecule has 16 nitrogen and oxygen atoms in total. The second-order valence-corrected chi connectivity index (χ2v) is 15.8. The molecule has 3 heterocycles. The van der Waals surface area contributed by atoms with Crippen LogP contribution >= 0.6 is 0 Å². The molecule has 0 saturated heterocycles. The van der Waals surface area contributed by atoms with Crippen molar-refractivity contribution in [2.75, 3.05) is 78.0 Å². The molecule has 0 aliphatic rings. The molecule has 4 aromatic rings. The van der Waals surface area contributed by atoms with E-state index in [-0.39, 0.29) is 17.7 Å². The third-order valence-electron chi connectivity index (χ3n) is 9.51. The van der Waals surface area contributed by atoms with Crippen molar-refractivity contribution < 1.29 is 42.8 Å². The molecule has 0 saturated carbocycles. The summed E-state index contributed by atoms with van der Waals surface area (Å²) in [5.41, 5.74) is 2.14. The van der Waals surface area contributed by atoms with Gasteiger partial charge < -0.3 is 38.6 Å². The van der Waals surface area contributed by atoms with Crippen molar-refractivity contribution in [2.24, 2.45) is 0 Å². The number of hydrogen-bond donors (Lipinski definition) is 1. The Bertz CT molecular complexity index is 1900. The highest BCUT2D eigenvalue weighted by atomic mass is 16.6. The fourth-order valence-electron chi connectivity index (χ4n) is 6.23. The second kappa shape index (κ2) is 27.8. The fourth-order valence-corrected chi connectivity index (χ4v) is 6.23. The van der Waals surface area contributed by atoms with Gasteiger partial charge in [0.15, 0.2) is 11.5 Å². The van der Waals surface area contributed by atoms with Gasteiger partial charge in [-0.25, -0.2) is 14.6 Å². The van der Waals surface area contributed by atoms with Crippen molar-refractivity contribution in [2.45, 2.75) is 104 Å². The smallest absolute Gasteiger partial charge is 0.306 e. The molecule has 4 rings (SSSR count). The molecule has 340 valence electrons. The lowest BCUT2D eigenvalue weighted by Crippen LogP contribution is -2.25. The number of carbonyl (C=O) groups excluding carboxylic acids is 3. The number of hydrogen-bond acceptors (Lipinski definition) is 14. The number of likely N-dealkylation sites (N-methyl/N-ethyl adjacent to an activating group) is 1. The predicted octanol–water partition coefficient (Wildman–Crippen LogP) is 6.53. The van der Waals surface area contributed by atoms with E-state index in [1.165, 1.54) is 0 Å². The lowest BCUT2D eigenvalue weighted by atomic mass is 10.1. The van der Waals surface area contributed by atoms with Gasteiger partial charge in [-0.15, -0.1) is 0 Å². The molecule has 0 unspecified atom stereocenters. The van der Waals surface area contributed by atoms with Gasteiger partial charge in [0.25, 0.3) is 0 Å². The average Bonchev–Trinajstić information content (AvgIpc) is 3.68. The van der Waals surface area contributed by atoms with Crippen LogP contribution in [0.5, 0.6) is 5.75 Å². The number of benzene rings is 1. The zero-order chi connectivity index (χ0) is 44.4. The number of ether oxygens (including phenoxy) is 6. The van der Waals surface area contributed by atoms with Gasteiger partial charge in [-0.05, 0) is 76.8 Å². The quantitative estimate of drug-likeness (QED) is 0.0414. The maximum atomic E-state index is 12.4. The first kappa shape index (κ1) is 49.6. The predicted molar refractivity (Wildman–Crippen MR) is 237 cm³/mol. The van der Waals surface area contributed by atoms with Gasteiger partial charge >= 0.3 is 5.97 Å². The number of pyridine rings is 1. The maximum absolute atomic E-state index is 12.4. The van der Waals surface area contributed by atoms with Crippen molar-refractivity contribution in [3.63, 3.8) is 0 Å². The monoisotopic (exact) mass is 862 g/mol. The minimum Gasteiger partial charge on any atom is -0.492 e. The van der Waals surface area contributed by atoms with Crippen LogP contribution in [-0.2, 0) is 51.2 Å². The Hall–Kier alpha value is -5.03. The van der Waals surface area contributed by atoms with Crippen molar-refractivity contribution >= 4 is 34.5 Å². The summed E-state index contributed by atoms with van der Waals surface area (Å²) in [6.07, 6.45) is 11.0. The van der Waals surface area contributed by atoms with E-state index in [0.717, 1.165) is 59.4 Å². The van der Waals surface area contributed by atoms with Crippen LogP contribution in [-0.4, -0.2) is 121 Å². The molecule has 1 amide bonds. The lowest BCUT2D eigenvalue weighted by molar-refractivity contribution is -0.155. The molecule has 1 N–H and O–H groups in total. The number of anilines is 1. The van der Waals surface area contributed by atoms with Crippen molar-refractivity contribution in [1.29, 1.82) is 0 Å². The highest BCUT2D eigenvalue weighted by Crippen LogP contribution is 2.27. The lowest BCUT2D eigenvalue weighted by Gasteiger charge is -2.20. The van der Waals surface area contributed by atoms with Crippen molar-refractivity contribution in [3.8, 4) is 17.1 Å². The minimum atomic E-state index is -0.464. The van der Waals surface area contributed by atoms with Crippen LogP contribution in [0, 0.1) is 0 Å². The van der Waals surface area contributed by atoms with E-state index in [1.807, 2.05) is 86.9 Å². The van der Waals surface area contributed by atoms with Crippen LogP contribution in [0.15, 0.2) is 55.0 Å². The van der Waals surface area contributed by atoms with Crippen LogP contribution in [0.3, 0.4) is 0 Å². The number of unbranched alkanes of at least 4 members (excludes halogenated alkanes) is 3. The molecule has 0 aliphatic carbocycles. The summed E-state index contributed by atoms with van der Waals surface area (Å²) in [5, 5.41) is 8.38. The largest absolute Gasteiger partial charge is 0.492 e. The van der Waals surface area contributed by atoms with Crippen molar-refractivity contribution in [3.05, 3.63) is 60.6 Å². The molecule has 0 radical (unpaired) electrons. The number of nitrogens with one attached hydrogen (secondary N) is 1. The standard InChI is InChI=1S/C46H67N7O9/c1-6-53-45-40(35-49-53)44(50-43(51-45)37-13-11-22-47-34-37)52(5)23-26-61-39-19-17-36(18-20-39)33-48-41(55)15-10-8-7-9-14-38(54)21-25-58-28-30-60-32-31-59-29-27-57-24-12-16-42(56)62-46(2,3)4/h11,13,17-20,22,34-35H,6-10,12,14-16,21,23-33H2,1-5H3,(H,48,55). The average molecular weight is 862 g/mol. The van der Waals surface area contributed by atoms with Gasteiger partial charge in [0.2, 0.25) is 5.91 Å². The third-order valence-corrected chi connectivity index (χ3v) is 9.51. The van der Waals surface area contributed by atoms with Gasteiger partial charge in [0.05, 0.1) is 64.4 Å². The van der Waals surface area contributed by atoms with Crippen LogP contribution in [0.2, 0.25) is 0 Å². The summed E-state index contributed by atoms with van der Waals surface area (Å²) < 4.78 is 35.2. The first-order valence-electron chi connectivity index (χ1n) is 21.9. The Kier molecular flexibility index (Phi) is 22.3. The molecule has 3 aromatic heterocycles. The summed E-state index contributed by atoms with van der Waals surface area (Å²) in [5.74, 6) is 2.11. The number of rotatable bonds is 32. The number of ketones is 1. The van der Waals surface area contributed by atoms with Gasteiger partial charge in [0, 0.05) is 70.4 Å². The van der Waals surface area contributed by atoms with Gasteiger partial charge in [-0.2, -0.15) is 5.10 Å². The maximum Gasteiger partial charge on any atom is 0.306 e. The topological polar surface area (TPSA) is 178 Å². The highest BCUT2D eigenvalue weighted by molar-refractivity contribution is 5.88. The van der Waals surface area contributed by atoms with Gasteiger partial charge in [-0.3, -0.25) is 19.4 Å². The molecule has 0 bridgehead atoms. The molecular weight excluding hydrogens is 795 g/mol. The number of carbonyl (C=O) groups is 3. The molecule has 16 heteroatoms.